The molecule has 1 amide bonds. The Kier molecular flexibility index (Phi) is 6.15. The maximum atomic E-state index is 12.8. The van der Waals surface area contributed by atoms with Gasteiger partial charge in [-0.05, 0) is 18.1 Å². The number of aryl methyl sites for hydroxylation is 1. The van der Waals surface area contributed by atoms with Crippen LogP contribution in [-0.4, -0.2) is 27.4 Å². The minimum absolute atomic E-state index is 0.122. The van der Waals surface area contributed by atoms with E-state index in [0.29, 0.717) is 18.0 Å². The summed E-state index contributed by atoms with van der Waals surface area (Å²) < 4.78 is 0. The zero-order valence-electron chi connectivity index (χ0n) is 16.5. The molecular formula is C22H21N5OS2. The van der Waals surface area contributed by atoms with E-state index in [9.17, 15) is 4.79 Å². The topological polar surface area (TPSA) is 79.8 Å². The van der Waals surface area contributed by atoms with E-state index in [1.807, 2.05) is 30.5 Å². The number of carbonyl (C=O) groups excluding carboxylic acids is 1. The van der Waals surface area contributed by atoms with E-state index in [4.69, 9.17) is 0 Å². The van der Waals surface area contributed by atoms with Crippen molar-refractivity contribution in [2.24, 2.45) is 0 Å². The third-order valence-corrected chi connectivity index (χ3v) is 6.67. The van der Waals surface area contributed by atoms with Gasteiger partial charge in [-0.25, -0.2) is 15.0 Å². The predicted octanol–water partition coefficient (Wildman–Crippen LogP) is 4.57. The summed E-state index contributed by atoms with van der Waals surface area (Å²) >= 11 is 2.99. The Morgan fingerprint density at radius 2 is 2.07 bits per heavy atom. The van der Waals surface area contributed by atoms with Crippen LogP contribution in [0, 0.1) is 6.92 Å². The van der Waals surface area contributed by atoms with Gasteiger partial charge in [0.15, 0.2) is 0 Å². The normalized spacial score (nSPS) is 10.8. The Labute approximate surface area is 182 Å². The fourth-order valence-corrected chi connectivity index (χ4v) is 5.02. The maximum absolute atomic E-state index is 12.8. The molecule has 0 saturated heterocycles. The summed E-state index contributed by atoms with van der Waals surface area (Å²) in [7, 11) is 0. The molecule has 0 unspecified atom stereocenters. The first kappa shape index (κ1) is 20.2. The van der Waals surface area contributed by atoms with Crippen molar-refractivity contribution < 1.29 is 4.79 Å². The van der Waals surface area contributed by atoms with Crippen LogP contribution in [0.25, 0.3) is 10.2 Å². The van der Waals surface area contributed by atoms with Crippen LogP contribution >= 0.6 is 22.7 Å². The lowest BCUT2D eigenvalue weighted by atomic mass is 10.2. The molecule has 0 aliphatic rings. The largest absolute Gasteiger partial charge is 0.366 e. The highest BCUT2D eigenvalue weighted by atomic mass is 32.1. The summed E-state index contributed by atoms with van der Waals surface area (Å²) in [4.78, 5) is 27.5. The smallest absolute Gasteiger partial charge is 0.262 e. The van der Waals surface area contributed by atoms with Crippen molar-refractivity contribution in [1.29, 1.82) is 0 Å². The molecule has 4 aromatic rings. The van der Waals surface area contributed by atoms with Gasteiger partial charge in [-0.3, -0.25) is 4.79 Å². The first-order valence-electron chi connectivity index (χ1n) is 9.50. The maximum Gasteiger partial charge on any atom is 0.262 e. The summed E-state index contributed by atoms with van der Waals surface area (Å²) in [5, 5.41) is 10.1. The van der Waals surface area contributed by atoms with Crippen LogP contribution in [0.4, 0.5) is 5.82 Å². The summed E-state index contributed by atoms with van der Waals surface area (Å²) in [5.74, 6) is 0.598. The molecule has 0 aliphatic heterocycles. The number of hydrogen-bond acceptors (Lipinski definition) is 7. The van der Waals surface area contributed by atoms with Gasteiger partial charge >= 0.3 is 0 Å². The average Bonchev–Trinajstić information content (AvgIpc) is 3.35. The second-order valence-electron chi connectivity index (χ2n) is 6.71. The van der Waals surface area contributed by atoms with Crippen LogP contribution in [0.3, 0.4) is 0 Å². The van der Waals surface area contributed by atoms with Gasteiger partial charge in [-0.15, -0.1) is 29.3 Å². The number of nitrogens with one attached hydrogen (secondary N) is 2. The van der Waals surface area contributed by atoms with Crippen molar-refractivity contribution in [2.75, 3.05) is 11.9 Å². The van der Waals surface area contributed by atoms with Crippen LogP contribution < -0.4 is 10.6 Å². The van der Waals surface area contributed by atoms with Crippen molar-refractivity contribution in [3.05, 3.63) is 81.4 Å². The Bertz CT molecular complexity index is 1180. The minimum atomic E-state index is -0.122. The van der Waals surface area contributed by atoms with Gasteiger partial charge < -0.3 is 10.6 Å². The molecule has 3 aromatic heterocycles. The Morgan fingerprint density at radius 1 is 1.23 bits per heavy atom. The number of thiophene rings is 1. The van der Waals surface area contributed by atoms with Crippen LogP contribution in [0.15, 0.2) is 54.7 Å². The number of aromatic nitrogens is 3. The second-order valence-corrected chi connectivity index (χ2v) is 8.65. The van der Waals surface area contributed by atoms with Crippen LogP contribution in [0.1, 0.15) is 31.5 Å². The van der Waals surface area contributed by atoms with Gasteiger partial charge in [-0.1, -0.05) is 36.4 Å². The van der Waals surface area contributed by atoms with Crippen LogP contribution in [0.5, 0.6) is 0 Å². The molecule has 30 heavy (non-hydrogen) atoms. The number of benzene rings is 1. The lowest BCUT2D eigenvalue weighted by molar-refractivity contribution is 0.0954. The highest BCUT2D eigenvalue weighted by molar-refractivity contribution is 7.20. The molecule has 2 N–H and O–H groups in total. The first-order valence-corrected chi connectivity index (χ1v) is 11.2. The van der Waals surface area contributed by atoms with Crippen molar-refractivity contribution in [3.8, 4) is 0 Å². The highest BCUT2D eigenvalue weighted by Crippen LogP contribution is 2.33. The molecule has 152 valence electrons. The van der Waals surface area contributed by atoms with Crippen molar-refractivity contribution in [3.63, 3.8) is 0 Å². The molecule has 0 spiro atoms. The predicted molar refractivity (Wildman–Crippen MR) is 123 cm³/mol. The number of rotatable bonds is 8. The summed E-state index contributed by atoms with van der Waals surface area (Å²) in [6, 6.07) is 10.2. The van der Waals surface area contributed by atoms with E-state index in [0.717, 1.165) is 38.7 Å². The van der Waals surface area contributed by atoms with Crippen molar-refractivity contribution in [2.45, 2.75) is 19.9 Å². The Morgan fingerprint density at radius 3 is 2.87 bits per heavy atom. The average molecular weight is 436 g/mol. The number of amides is 1. The molecule has 0 bridgehead atoms. The number of carbonyl (C=O) groups is 1. The zero-order valence-corrected chi connectivity index (χ0v) is 18.1. The molecule has 0 aliphatic carbocycles. The van der Waals surface area contributed by atoms with Gasteiger partial charge in [0, 0.05) is 18.3 Å². The van der Waals surface area contributed by atoms with Gasteiger partial charge in [0.05, 0.1) is 27.5 Å². The summed E-state index contributed by atoms with van der Waals surface area (Å²) in [6.45, 7) is 6.63. The lowest BCUT2D eigenvalue weighted by Gasteiger charge is -2.05. The van der Waals surface area contributed by atoms with E-state index in [1.165, 1.54) is 23.2 Å². The quantitative estimate of drug-likeness (QED) is 0.396. The standard InChI is InChI=1S/C22H21N5OS2/c1-3-9-23-20-18-14(2)19(30-22(18)26-13-25-20)21(28)24-11-16-12-29-17(27-16)10-15-7-5-4-6-8-15/h3-8,12-13H,1,9-11H2,2H3,(H,24,28)(H,23,25,26). The number of thiazole rings is 1. The lowest BCUT2D eigenvalue weighted by Crippen LogP contribution is -2.22. The van der Waals surface area contributed by atoms with E-state index in [2.05, 4.69) is 44.3 Å². The number of hydrogen-bond donors (Lipinski definition) is 2. The van der Waals surface area contributed by atoms with E-state index in [-0.39, 0.29) is 5.91 Å². The molecule has 1 aromatic carbocycles. The zero-order chi connectivity index (χ0) is 20.9. The minimum Gasteiger partial charge on any atom is -0.366 e. The number of anilines is 1. The van der Waals surface area contributed by atoms with Gasteiger partial charge in [-0.2, -0.15) is 0 Å². The van der Waals surface area contributed by atoms with Gasteiger partial charge in [0.1, 0.15) is 17.0 Å². The summed E-state index contributed by atoms with van der Waals surface area (Å²) in [6.07, 6.45) is 4.08. The van der Waals surface area contributed by atoms with Crippen LogP contribution in [-0.2, 0) is 13.0 Å². The number of nitrogens with zero attached hydrogens (tertiary/aromatic N) is 3. The molecule has 3 heterocycles. The fraction of sp³-hybridized carbons (Fsp3) is 0.182. The molecule has 0 fully saturated rings. The first-order chi connectivity index (χ1) is 14.7. The van der Waals surface area contributed by atoms with E-state index < -0.39 is 0 Å². The molecular weight excluding hydrogens is 414 g/mol. The second kappa shape index (κ2) is 9.15. The van der Waals surface area contributed by atoms with E-state index >= 15 is 0 Å². The van der Waals surface area contributed by atoms with Gasteiger partial charge in [0.25, 0.3) is 5.91 Å². The molecule has 6 nitrogen and oxygen atoms in total. The summed E-state index contributed by atoms with van der Waals surface area (Å²) in [5.41, 5.74) is 2.97. The fourth-order valence-electron chi connectivity index (χ4n) is 3.12. The molecule has 4 rings (SSSR count). The monoisotopic (exact) mass is 435 g/mol. The Balaban J connectivity index is 1.45. The van der Waals surface area contributed by atoms with Crippen molar-refractivity contribution in [1.82, 2.24) is 20.3 Å². The third kappa shape index (κ3) is 4.39. The van der Waals surface area contributed by atoms with E-state index in [1.54, 1.807) is 17.4 Å². The SMILES string of the molecule is C=CCNc1ncnc2sc(C(=O)NCc3csc(Cc4ccccc4)n3)c(C)c12. The third-order valence-electron chi connectivity index (χ3n) is 4.57. The van der Waals surface area contributed by atoms with Gasteiger partial charge in [0.2, 0.25) is 0 Å². The highest BCUT2D eigenvalue weighted by Gasteiger charge is 2.19. The molecule has 0 saturated carbocycles. The van der Waals surface area contributed by atoms with Crippen LogP contribution in [0.2, 0.25) is 0 Å². The number of fused-ring (bicyclic) bond motifs is 1. The molecule has 0 radical (unpaired) electrons. The molecule has 0 atom stereocenters. The van der Waals surface area contributed by atoms with Crippen molar-refractivity contribution >= 4 is 44.6 Å². The molecule has 8 heteroatoms. The Hall–Kier alpha value is -3.10.